The maximum atomic E-state index is 5.68. The molecule has 0 atom stereocenters. The molecule has 1 aliphatic rings. The van der Waals surface area contributed by atoms with E-state index < -0.39 is 0 Å². The average molecular weight is 206 g/mol. The first-order chi connectivity index (χ1) is 7.25. The third kappa shape index (κ3) is 2.61. The summed E-state index contributed by atoms with van der Waals surface area (Å²) >= 11 is 0. The summed E-state index contributed by atoms with van der Waals surface area (Å²) in [6.07, 6.45) is 6.96. The van der Waals surface area contributed by atoms with Crippen molar-refractivity contribution in [3.8, 4) is 5.88 Å². The van der Waals surface area contributed by atoms with Crippen LogP contribution in [0.15, 0.2) is 12.3 Å². The number of rotatable bonds is 4. The molecule has 0 saturated heterocycles. The zero-order chi connectivity index (χ0) is 10.7. The molecule has 82 valence electrons. The van der Waals surface area contributed by atoms with E-state index in [9.17, 15) is 0 Å². The molecule has 0 bridgehead atoms. The van der Waals surface area contributed by atoms with Crippen molar-refractivity contribution in [2.75, 3.05) is 12.3 Å². The lowest BCUT2D eigenvalue weighted by Gasteiger charge is -2.24. The molecule has 2 rings (SSSR count). The molecule has 1 saturated carbocycles. The summed E-state index contributed by atoms with van der Waals surface area (Å²) < 4.78 is 5.58. The van der Waals surface area contributed by atoms with Crippen LogP contribution in [0.5, 0.6) is 5.88 Å². The summed E-state index contributed by atoms with van der Waals surface area (Å²) in [4.78, 5) is 4.13. The molecular weight excluding hydrogens is 188 g/mol. The number of nitrogens with zero attached hydrogens (tertiary/aromatic N) is 1. The normalized spacial score (nSPS) is 16.1. The van der Waals surface area contributed by atoms with Crippen LogP contribution in [-0.4, -0.2) is 11.6 Å². The van der Waals surface area contributed by atoms with Crippen molar-refractivity contribution < 1.29 is 4.74 Å². The minimum atomic E-state index is 0.695. The van der Waals surface area contributed by atoms with E-state index in [1.54, 1.807) is 6.20 Å². The number of aromatic nitrogens is 1. The van der Waals surface area contributed by atoms with Crippen LogP contribution < -0.4 is 10.5 Å². The Labute approximate surface area is 90.7 Å². The second-order valence-electron chi connectivity index (χ2n) is 4.31. The molecule has 1 aromatic rings. The lowest BCUT2D eigenvalue weighted by molar-refractivity contribution is 0.217. The molecule has 3 nitrogen and oxygen atoms in total. The molecular formula is C12H18N2O. The SMILES string of the molecule is Cc1cc(OCCC2CCC2)ncc1N. The average Bonchev–Trinajstić information content (AvgIpc) is 2.15. The predicted molar refractivity (Wildman–Crippen MR) is 60.8 cm³/mol. The minimum absolute atomic E-state index is 0.695. The number of hydrogen-bond acceptors (Lipinski definition) is 3. The zero-order valence-corrected chi connectivity index (χ0v) is 9.20. The fourth-order valence-corrected chi connectivity index (χ4v) is 1.73. The van der Waals surface area contributed by atoms with Crippen molar-refractivity contribution in [2.24, 2.45) is 5.92 Å². The number of nitrogen functional groups attached to an aromatic ring is 1. The van der Waals surface area contributed by atoms with E-state index in [1.807, 2.05) is 13.0 Å². The van der Waals surface area contributed by atoms with Gasteiger partial charge in [0.15, 0.2) is 0 Å². The van der Waals surface area contributed by atoms with E-state index in [0.29, 0.717) is 5.88 Å². The van der Waals surface area contributed by atoms with Crippen molar-refractivity contribution >= 4 is 5.69 Å². The Bertz CT molecular complexity index is 334. The van der Waals surface area contributed by atoms with E-state index in [4.69, 9.17) is 10.5 Å². The lowest BCUT2D eigenvalue weighted by atomic mass is 9.83. The summed E-state index contributed by atoms with van der Waals surface area (Å²) in [5.74, 6) is 1.58. The van der Waals surface area contributed by atoms with Crippen LogP contribution >= 0.6 is 0 Å². The van der Waals surface area contributed by atoms with Crippen LogP contribution in [-0.2, 0) is 0 Å². The van der Waals surface area contributed by atoms with Crippen LogP contribution in [0.4, 0.5) is 5.69 Å². The molecule has 0 aliphatic heterocycles. The molecule has 15 heavy (non-hydrogen) atoms. The van der Waals surface area contributed by atoms with Gasteiger partial charge in [-0.15, -0.1) is 0 Å². The second kappa shape index (κ2) is 4.51. The Hall–Kier alpha value is -1.25. The zero-order valence-electron chi connectivity index (χ0n) is 9.20. The Morgan fingerprint density at radius 1 is 1.53 bits per heavy atom. The molecule has 1 heterocycles. The molecule has 1 fully saturated rings. The predicted octanol–water partition coefficient (Wildman–Crippen LogP) is 2.54. The van der Waals surface area contributed by atoms with Crippen molar-refractivity contribution in [3.05, 3.63) is 17.8 Å². The molecule has 0 unspecified atom stereocenters. The first kappa shape index (κ1) is 10.3. The minimum Gasteiger partial charge on any atom is -0.478 e. The first-order valence-electron chi connectivity index (χ1n) is 5.60. The number of aryl methyl sites for hydroxylation is 1. The molecule has 3 heteroatoms. The molecule has 0 aromatic carbocycles. The summed E-state index contributed by atoms with van der Waals surface area (Å²) in [7, 11) is 0. The van der Waals surface area contributed by atoms with E-state index in [-0.39, 0.29) is 0 Å². The van der Waals surface area contributed by atoms with Gasteiger partial charge >= 0.3 is 0 Å². The van der Waals surface area contributed by atoms with E-state index >= 15 is 0 Å². The molecule has 0 radical (unpaired) electrons. The summed E-state index contributed by atoms with van der Waals surface area (Å²) in [6.45, 7) is 2.75. The van der Waals surface area contributed by atoms with Gasteiger partial charge in [-0.2, -0.15) is 0 Å². The largest absolute Gasteiger partial charge is 0.478 e. The summed E-state index contributed by atoms with van der Waals surface area (Å²) in [5, 5.41) is 0. The van der Waals surface area contributed by atoms with Gasteiger partial charge in [0.2, 0.25) is 5.88 Å². The highest BCUT2D eigenvalue weighted by Gasteiger charge is 2.16. The quantitative estimate of drug-likeness (QED) is 0.823. The third-order valence-corrected chi connectivity index (χ3v) is 3.13. The number of ether oxygens (including phenoxy) is 1. The van der Waals surface area contributed by atoms with Gasteiger partial charge in [-0.3, -0.25) is 0 Å². The van der Waals surface area contributed by atoms with Gasteiger partial charge in [-0.1, -0.05) is 19.3 Å². The molecule has 1 aromatic heterocycles. The van der Waals surface area contributed by atoms with Crippen molar-refractivity contribution in [1.29, 1.82) is 0 Å². The lowest BCUT2D eigenvalue weighted by Crippen LogP contribution is -2.14. The highest BCUT2D eigenvalue weighted by atomic mass is 16.5. The van der Waals surface area contributed by atoms with Crippen molar-refractivity contribution in [1.82, 2.24) is 4.98 Å². The third-order valence-electron chi connectivity index (χ3n) is 3.13. The van der Waals surface area contributed by atoms with Crippen LogP contribution in [0.1, 0.15) is 31.2 Å². The smallest absolute Gasteiger partial charge is 0.213 e. The number of pyridine rings is 1. The topological polar surface area (TPSA) is 48.1 Å². The van der Waals surface area contributed by atoms with Crippen LogP contribution in [0, 0.1) is 12.8 Å². The molecule has 2 N–H and O–H groups in total. The number of anilines is 1. The summed E-state index contributed by atoms with van der Waals surface area (Å²) in [5.41, 5.74) is 7.43. The molecule has 1 aliphatic carbocycles. The van der Waals surface area contributed by atoms with Crippen LogP contribution in [0.25, 0.3) is 0 Å². The summed E-state index contributed by atoms with van der Waals surface area (Å²) in [6, 6.07) is 1.90. The van der Waals surface area contributed by atoms with Crippen molar-refractivity contribution in [2.45, 2.75) is 32.6 Å². The number of nitrogens with two attached hydrogens (primary N) is 1. The van der Waals surface area contributed by atoms with Gasteiger partial charge in [0.25, 0.3) is 0 Å². The highest BCUT2D eigenvalue weighted by Crippen LogP contribution is 2.29. The van der Waals surface area contributed by atoms with Crippen molar-refractivity contribution in [3.63, 3.8) is 0 Å². The Balaban J connectivity index is 1.79. The highest BCUT2D eigenvalue weighted by molar-refractivity contribution is 5.45. The van der Waals surface area contributed by atoms with Gasteiger partial charge in [0.05, 0.1) is 18.5 Å². The monoisotopic (exact) mass is 206 g/mol. The van der Waals surface area contributed by atoms with E-state index in [2.05, 4.69) is 4.98 Å². The van der Waals surface area contributed by atoms with Gasteiger partial charge < -0.3 is 10.5 Å². The van der Waals surface area contributed by atoms with E-state index in [0.717, 1.165) is 30.2 Å². The van der Waals surface area contributed by atoms with Gasteiger partial charge in [0, 0.05) is 6.07 Å². The van der Waals surface area contributed by atoms with Gasteiger partial charge in [0.1, 0.15) is 0 Å². The van der Waals surface area contributed by atoms with Gasteiger partial charge in [-0.05, 0) is 24.8 Å². The Morgan fingerprint density at radius 2 is 2.33 bits per heavy atom. The maximum absolute atomic E-state index is 5.68. The Morgan fingerprint density at radius 3 is 2.93 bits per heavy atom. The van der Waals surface area contributed by atoms with Crippen LogP contribution in [0.3, 0.4) is 0 Å². The second-order valence-corrected chi connectivity index (χ2v) is 4.31. The van der Waals surface area contributed by atoms with E-state index in [1.165, 1.54) is 19.3 Å². The fourth-order valence-electron chi connectivity index (χ4n) is 1.73. The fraction of sp³-hybridized carbons (Fsp3) is 0.583. The van der Waals surface area contributed by atoms with Crippen LogP contribution in [0.2, 0.25) is 0 Å². The maximum Gasteiger partial charge on any atom is 0.213 e. The number of hydrogen-bond donors (Lipinski definition) is 1. The molecule has 0 spiro atoms. The molecule has 0 amide bonds. The standard InChI is InChI=1S/C12H18N2O/c1-9-7-12(14-8-11(9)13)15-6-5-10-3-2-4-10/h7-8,10H,2-6,13H2,1H3. The first-order valence-corrected chi connectivity index (χ1v) is 5.60. The Kier molecular flexibility index (Phi) is 3.09. The van der Waals surface area contributed by atoms with Gasteiger partial charge in [-0.25, -0.2) is 4.98 Å².